The maximum absolute atomic E-state index is 11.6. The van der Waals surface area contributed by atoms with Crippen molar-refractivity contribution in [3.05, 3.63) is 18.2 Å². The van der Waals surface area contributed by atoms with E-state index in [0.29, 0.717) is 5.92 Å². The van der Waals surface area contributed by atoms with Crippen molar-refractivity contribution in [1.82, 2.24) is 9.55 Å². The lowest BCUT2D eigenvalue weighted by Gasteiger charge is -2.24. The van der Waals surface area contributed by atoms with Crippen LogP contribution in [-0.2, 0) is 4.79 Å². The molecule has 0 aliphatic heterocycles. The van der Waals surface area contributed by atoms with E-state index >= 15 is 0 Å². The summed E-state index contributed by atoms with van der Waals surface area (Å²) in [5.74, 6) is 0.261. The van der Waals surface area contributed by atoms with E-state index in [0.717, 1.165) is 12.1 Å². The number of amides is 1. The van der Waals surface area contributed by atoms with E-state index in [4.69, 9.17) is 11.5 Å². The van der Waals surface area contributed by atoms with Gasteiger partial charge in [0.15, 0.2) is 0 Å². The quantitative estimate of drug-likeness (QED) is 0.806. The van der Waals surface area contributed by atoms with E-state index in [1.165, 1.54) is 0 Å². The number of nitrogens with zero attached hydrogens (tertiary/aromatic N) is 2. The number of carbonyl (C=O) groups excluding carboxylic acids is 1. The fourth-order valence-corrected chi connectivity index (χ4v) is 2.25. The van der Waals surface area contributed by atoms with Crippen molar-refractivity contribution in [1.29, 1.82) is 0 Å². The first-order chi connectivity index (χ1) is 8.34. The van der Waals surface area contributed by atoms with E-state index in [-0.39, 0.29) is 23.9 Å². The van der Waals surface area contributed by atoms with Gasteiger partial charge in [-0.3, -0.25) is 4.79 Å². The average Bonchev–Trinajstić information content (AvgIpc) is 2.63. The van der Waals surface area contributed by atoms with Gasteiger partial charge >= 0.3 is 0 Å². The summed E-state index contributed by atoms with van der Waals surface area (Å²) in [6.07, 6.45) is 4.23. The molecule has 4 N–H and O–H groups in total. The van der Waals surface area contributed by atoms with Gasteiger partial charge in [-0.2, -0.15) is 0 Å². The second kappa shape index (κ2) is 6.00. The Morgan fingerprint density at radius 2 is 2.00 bits per heavy atom. The molecule has 0 saturated heterocycles. The van der Waals surface area contributed by atoms with Gasteiger partial charge in [0.25, 0.3) is 0 Å². The molecule has 1 aromatic rings. The fraction of sp³-hybridized carbons (Fsp3) is 0.692. The molecule has 1 aromatic heterocycles. The molecule has 2 atom stereocenters. The summed E-state index contributed by atoms with van der Waals surface area (Å²) in [6.45, 7) is 8.17. The summed E-state index contributed by atoms with van der Waals surface area (Å²) >= 11 is 0. The first-order valence-corrected chi connectivity index (χ1v) is 6.41. The van der Waals surface area contributed by atoms with Gasteiger partial charge in [-0.25, -0.2) is 4.98 Å². The summed E-state index contributed by atoms with van der Waals surface area (Å²) in [6, 6.07) is -0.506. The standard InChI is InChI=1S/C13H24N4O/c1-8(2)5-10(14)11-6-16-7-17(11)12(9(3)4)13(15)18/h6-10,12H,5,14H2,1-4H3,(H2,15,18). The zero-order chi connectivity index (χ0) is 13.9. The van der Waals surface area contributed by atoms with Crippen molar-refractivity contribution in [3.63, 3.8) is 0 Å². The summed E-state index contributed by atoms with van der Waals surface area (Å²) in [5.41, 5.74) is 12.5. The maximum atomic E-state index is 11.6. The largest absolute Gasteiger partial charge is 0.368 e. The first-order valence-electron chi connectivity index (χ1n) is 6.41. The van der Waals surface area contributed by atoms with Gasteiger partial charge in [-0.1, -0.05) is 27.7 Å². The second-order valence-corrected chi connectivity index (χ2v) is 5.55. The number of hydrogen-bond acceptors (Lipinski definition) is 3. The van der Waals surface area contributed by atoms with Crippen LogP contribution in [0.5, 0.6) is 0 Å². The minimum atomic E-state index is -0.388. The van der Waals surface area contributed by atoms with E-state index in [1.54, 1.807) is 12.5 Å². The predicted molar refractivity (Wildman–Crippen MR) is 71.7 cm³/mol. The Bertz CT molecular complexity index is 397. The van der Waals surface area contributed by atoms with Crippen molar-refractivity contribution >= 4 is 5.91 Å². The molecule has 1 rings (SSSR count). The highest BCUT2D eigenvalue weighted by Crippen LogP contribution is 2.25. The molecular formula is C13H24N4O. The summed E-state index contributed by atoms with van der Waals surface area (Å²) in [4.78, 5) is 15.7. The Morgan fingerprint density at radius 3 is 2.44 bits per heavy atom. The normalized spacial score (nSPS) is 15.1. The molecule has 102 valence electrons. The van der Waals surface area contributed by atoms with Crippen molar-refractivity contribution in [2.24, 2.45) is 23.3 Å². The molecule has 0 fully saturated rings. The molecule has 0 spiro atoms. The van der Waals surface area contributed by atoms with Crippen LogP contribution in [0.2, 0.25) is 0 Å². The number of hydrogen-bond donors (Lipinski definition) is 2. The monoisotopic (exact) mass is 252 g/mol. The number of imidazole rings is 1. The molecule has 2 unspecified atom stereocenters. The van der Waals surface area contributed by atoms with Crippen molar-refractivity contribution in [2.75, 3.05) is 0 Å². The number of aromatic nitrogens is 2. The molecule has 1 heterocycles. The lowest BCUT2D eigenvalue weighted by atomic mass is 9.99. The first kappa shape index (κ1) is 14.7. The van der Waals surface area contributed by atoms with Gasteiger partial charge < -0.3 is 16.0 Å². The average molecular weight is 252 g/mol. The third-order valence-electron chi connectivity index (χ3n) is 3.02. The highest BCUT2D eigenvalue weighted by Gasteiger charge is 2.25. The molecule has 0 aliphatic carbocycles. The Balaban J connectivity index is 3.03. The van der Waals surface area contributed by atoms with Crippen LogP contribution in [0.3, 0.4) is 0 Å². The van der Waals surface area contributed by atoms with Crippen molar-refractivity contribution < 1.29 is 4.79 Å². The van der Waals surface area contributed by atoms with Crippen LogP contribution in [0.15, 0.2) is 12.5 Å². The molecule has 1 amide bonds. The number of nitrogens with two attached hydrogens (primary N) is 2. The van der Waals surface area contributed by atoms with Gasteiger partial charge in [-0.05, 0) is 18.3 Å². The van der Waals surface area contributed by atoms with E-state index in [2.05, 4.69) is 18.8 Å². The zero-order valence-electron chi connectivity index (χ0n) is 11.6. The molecule has 0 saturated carbocycles. The van der Waals surface area contributed by atoms with Gasteiger partial charge in [0.1, 0.15) is 6.04 Å². The van der Waals surface area contributed by atoms with Crippen LogP contribution < -0.4 is 11.5 Å². The molecule has 5 heteroatoms. The fourth-order valence-electron chi connectivity index (χ4n) is 2.25. The second-order valence-electron chi connectivity index (χ2n) is 5.55. The lowest BCUT2D eigenvalue weighted by Crippen LogP contribution is -2.32. The molecule has 18 heavy (non-hydrogen) atoms. The Morgan fingerprint density at radius 1 is 1.39 bits per heavy atom. The minimum Gasteiger partial charge on any atom is -0.368 e. The van der Waals surface area contributed by atoms with Crippen molar-refractivity contribution in [3.8, 4) is 0 Å². The van der Waals surface area contributed by atoms with Crippen LogP contribution in [0.25, 0.3) is 0 Å². The number of carbonyl (C=O) groups is 1. The topological polar surface area (TPSA) is 86.9 Å². The smallest absolute Gasteiger partial charge is 0.240 e. The summed E-state index contributed by atoms with van der Waals surface area (Å²) in [5, 5.41) is 0. The van der Waals surface area contributed by atoms with Crippen LogP contribution in [-0.4, -0.2) is 15.5 Å². The van der Waals surface area contributed by atoms with Crippen LogP contribution >= 0.6 is 0 Å². The van der Waals surface area contributed by atoms with Crippen LogP contribution in [0.1, 0.15) is 51.9 Å². The predicted octanol–water partition coefficient (Wildman–Crippen LogP) is 1.61. The summed E-state index contributed by atoms with van der Waals surface area (Å²) in [7, 11) is 0. The third-order valence-corrected chi connectivity index (χ3v) is 3.02. The molecule has 0 aromatic carbocycles. The summed E-state index contributed by atoms with van der Waals surface area (Å²) < 4.78 is 1.82. The van der Waals surface area contributed by atoms with Gasteiger partial charge in [-0.15, -0.1) is 0 Å². The van der Waals surface area contributed by atoms with Crippen LogP contribution in [0, 0.1) is 11.8 Å². The molecule has 0 bridgehead atoms. The SMILES string of the molecule is CC(C)CC(N)c1cncn1C(C(N)=O)C(C)C. The maximum Gasteiger partial charge on any atom is 0.240 e. The van der Waals surface area contributed by atoms with Crippen LogP contribution in [0.4, 0.5) is 0 Å². The molecule has 5 nitrogen and oxygen atoms in total. The highest BCUT2D eigenvalue weighted by molar-refractivity contribution is 5.78. The van der Waals surface area contributed by atoms with E-state index in [1.807, 2.05) is 18.4 Å². The van der Waals surface area contributed by atoms with Gasteiger partial charge in [0, 0.05) is 12.2 Å². The van der Waals surface area contributed by atoms with Gasteiger partial charge in [0.2, 0.25) is 5.91 Å². The van der Waals surface area contributed by atoms with E-state index in [9.17, 15) is 4.79 Å². The number of rotatable bonds is 6. The molecular weight excluding hydrogens is 228 g/mol. The zero-order valence-corrected chi connectivity index (χ0v) is 11.6. The molecule has 0 radical (unpaired) electrons. The van der Waals surface area contributed by atoms with Gasteiger partial charge in [0.05, 0.1) is 12.0 Å². The number of primary amides is 1. The molecule has 0 aliphatic rings. The Kier molecular flexibility index (Phi) is 4.90. The van der Waals surface area contributed by atoms with Crippen molar-refractivity contribution in [2.45, 2.75) is 46.2 Å². The third kappa shape index (κ3) is 3.32. The minimum absolute atomic E-state index is 0.113. The highest BCUT2D eigenvalue weighted by atomic mass is 16.1. The Hall–Kier alpha value is -1.36. The van der Waals surface area contributed by atoms with E-state index < -0.39 is 0 Å². The Labute approximate surface area is 109 Å². The lowest BCUT2D eigenvalue weighted by molar-refractivity contribution is -0.122.